The first-order valence-electron chi connectivity index (χ1n) is 7.93. The van der Waals surface area contributed by atoms with Crippen molar-refractivity contribution in [1.29, 1.82) is 0 Å². The van der Waals surface area contributed by atoms with Crippen LogP contribution in [-0.2, 0) is 4.79 Å². The van der Waals surface area contributed by atoms with Crippen molar-refractivity contribution in [2.45, 2.75) is 13.0 Å². The fourth-order valence-corrected chi connectivity index (χ4v) is 2.86. The third-order valence-electron chi connectivity index (χ3n) is 3.82. The molecule has 1 heterocycles. The highest BCUT2D eigenvalue weighted by Gasteiger charge is 2.25. The van der Waals surface area contributed by atoms with Gasteiger partial charge in [-0.05, 0) is 36.1 Å². The lowest BCUT2D eigenvalue weighted by atomic mass is 10.2. The zero-order chi connectivity index (χ0) is 19.1. The number of nitro groups is 1. The molecule has 1 atom stereocenters. The van der Waals surface area contributed by atoms with E-state index in [0.29, 0.717) is 30.5 Å². The van der Waals surface area contributed by atoms with Crippen LogP contribution in [-0.4, -0.2) is 45.2 Å². The Morgan fingerprint density at radius 1 is 1.31 bits per heavy atom. The minimum atomic E-state index is -0.776. The molecule has 2 rings (SSSR count). The van der Waals surface area contributed by atoms with Gasteiger partial charge in [-0.2, -0.15) is 0 Å². The lowest BCUT2D eigenvalue weighted by Crippen LogP contribution is -2.27. The van der Waals surface area contributed by atoms with Crippen LogP contribution in [0.5, 0.6) is 0 Å². The van der Waals surface area contributed by atoms with Crippen LogP contribution in [0.15, 0.2) is 36.7 Å². The normalized spacial score (nSPS) is 11.8. The van der Waals surface area contributed by atoms with Crippen molar-refractivity contribution in [1.82, 2.24) is 9.55 Å². The molecule has 26 heavy (non-hydrogen) atoms. The van der Waals surface area contributed by atoms with Crippen LogP contribution in [0.3, 0.4) is 0 Å². The van der Waals surface area contributed by atoms with Gasteiger partial charge in [0, 0.05) is 36.2 Å². The molecule has 1 N–H and O–H groups in total. The maximum Gasteiger partial charge on any atom is 0.435 e. The summed E-state index contributed by atoms with van der Waals surface area (Å²) in [5.74, 6) is 0.214. The van der Waals surface area contributed by atoms with Crippen LogP contribution in [0.2, 0.25) is 0 Å². The van der Waals surface area contributed by atoms with Crippen molar-refractivity contribution < 1.29 is 9.72 Å². The second-order valence-electron chi connectivity index (χ2n) is 5.47. The number of amides is 1. The highest BCUT2D eigenvalue weighted by atomic mass is 35.5. The molecule has 140 valence electrons. The van der Waals surface area contributed by atoms with E-state index in [1.807, 2.05) is 17.0 Å². The van der Waals surface area contributed by atoms with E-state index in [1.54, 1.807) is 19.1 Å². The molecule has 1 amide bonds. The quantitative estimate of drug-likeness (QED) is 0.396. The van der Waals surface area contributed by atoms with Gasteiger partial charge in [-0.1, -0.05) is 4.98 Å². The molecule has 8 nitrogen and oxygen atoms in total. The number of aromatic nitrogens is 2. The SMILES string of the molecule is CC(C(=O)Nc1ccc(N(CCCl)CCCl)cc1)n1ccnc1[N+](=O)[O-]. The van der Waals surface area contributed by atoms with Crippen LogP contribution >= 0.6 is 23.2 Å². The molecule has 0 aliphatic carbocycles. The maximum absolute atomic E-state index is 12.4. The average molecular weight is 400 g/mol. The third-order valence-corrected chi connectivity index (χ3v) is 4.16. The van der Waals surface area contributed by atoms with Crippen LogP contribution in [0.4, 0.5) is 17.3 Å². The molecule has 0 radical (unpaired) electrons. The van der Waals surface area contributed by atoms with E-state index in [2.05, 4.69) is 10.3 Å². The first-order chi connectivity index (χ1) is 12.5. The largest absolute Gasteiger partial charge is 0.435 e. The Labute approximate surface area is 160 Å². The summed E-state index contributed by atoms with van der Waals surface area (Å²) in [4.78, 5) is 28.4. The van der Waals surface area contributed by atoms with Crippen molar-refractivity contribution >= 4 is 46.4 Å². The molecular formula is C16H19Cl2N5O3. The second-order valence-corrected chi connectivity index (χ2v) is 6.22. The third kappa shape index (κ3) is 4.86. The molecule has 0 bridgehead atoms. The lowest BCUT2D eigenvalue weighted by molar-refractivity contribution is -0.397. The van der Waals surface area contributed by atoms with Crippen molar-refractivity contribution in [3.05, 3.63) is 46.8 Å². The predicted octanol–water partition coefficient (Wildman–Crippen LogP) is 3.28. The minimum absolute atomic E-state index is 0.374. The standard InChI is InChI=1S/C16H19Cl2N5O3/c1-12(22-11-8-19-16(22)23(25)26)15(24)20-13-2-4-14(5-3-13)21(9-6-17)10-7-18/h2-5,8,11-12H,6-7,9-10H2,1H3,(H,20,24). The molecule has 0 saturated heterocycles. The molecule has 0 aliphatic rings. The van der Waals surface area contributed by atoms with E-state index in [-0.39, 0.29) is 11.9 Å². The van der Waals surface area contributed by atoms with Gasteiger partial charge in [-0.25, -0.2) is 4.57 Å². The summed E-state index contributed by atoms with van der Waals surface area (Å²) < 4.78 is 1.21. The van der Waals surface area contributed by atoms with Gasteiger partial charge in [0.1, 0.15) is 12.4 Å². The fourth-order valence-electron chi connectivity index (χ4n) is 2.45. The van der Waals surface area contributed by atoms with Gasteiger partial charge < -0.3 is 20.3 Å². The number of benzene rings is 1. The summed E-state index contributed by atoms with van der Waals surface area (Å²) in [6.45, 7) is 2.91. The van der Waals surface area contributed by atoms with Gasteiger partial charge in [0.15, 0.2) is 6.04 Å². The first kappa shape index (κ1) is 20.0. The van der Waals surface area contributed by atoms with Crippen molar-refractivity contribution in [3.8, 4) is 0 Å². The van der Waals surface area contributed by atoms with Crippen molar-refractivity contribution in [3.63, 3.8) is 0 Å². The van der Waals surface area contributed by atoms with Crippen molar-refractivity contribution in [2.24, 2.45) is 0 Å². The Bertz CT molecular complexity index is 745. The molecule has 1 aromatic carbocycles. The van der Waals surface area contributed by atoms with Crippen LogP contribution < -0.4 is 10.2 Å². The summed E-state index contributed by atoms with van der Waals surface area (Å²) in [5, 5.41) is 13.7. The molecule has 0 fully saturated rings. The number of hydrogen-bond donors (Lipinski definition) is 1. The number of hydrogen-bond acceptors (Lipinski definition) is 5. The monoisotopic (exact) mass is 399 g/mol. The molecule has 1 aromatic heterocycles. The van der Waals surface area contributed by atoms with Crippen LogP contribution in [0, 0.1) is 10.1 Å². The highest BCUT2D eigenvalue weighted by Crippen LogP contribution is 2.21. The molecule has 2 aromatic rings. The van der Waals surface area contributed by atoms with Crippen LogP contribution in [0.25, 0.3) is 0 Å². The van der Waals surface area contributed by atoms with Gasteiger partial charge in [0.05, 0.1) is 0 Å². The Morgan fingerprint density at radius 2 is 1.92 bits per heavy atom. The van der Waals surface area contributed by atoms with E-state index >= 15 is 0 Å². The Balaban J connectivity index is 2.07. The second kappa shape index (κ2) is 9.40. The number of anilines is 2. The smallest absolute Gasteiger partial charge is 0.390 e. The molecule has 0 saturated carbocycles. The van der Waals surface area contributed by atoms with E-state index in [1.165, 1.54) is 17.0 Å². The molecular weight excluding hydrogens is 381 g/mol. The molecule has 1 unspecified atom stereocenters. The maximum atomic E-state index is 12.4. The topological polar surface area (TPSA) is 93.3 Å². The zero-order valence-corrected chi connectivity index (χ0v) is 15.7. The number of carbonyl (C=O) groups excluding carboxylic acids is 1. The predicted molar refractivity (Wildman–Crippen MR) is 102 cm³/mol. The average Bonchev–Trinajstić information content (AvgIpc) is 3.11. The number of carbonyl (C=O) groups is 1. The molecule has 0 aliphatic heterocycles. The van der Waals surface area contributed by atoms with Gasteiger partial charge in [-0.15, -0.1) is 23.2 Å². The number of alkyl halides is 2. The lowest BCUT2D eigenvalue weighted by Gasteiger charge is -2.23. The van der Waals surface area contributed by atoms with E-state index in [4.69, 9.17) is 23.2 Å². The van der Waals surface area contributed by atoms with Gasteiger partial charge >= 0.3 is 5.95 Å². The summed E-state index contributed by atoms with van der Waals surface area (Å²) in [5.41, 5.74) is 1.53. The number of nitrogens with zero attached hydrogens (tertiary/aromatic N) is 4. The summed E-state index contributed by atoms with van der Waals surface area (Å²) >= 11 is 11.6. The number of rotatable bonds is 9. The Morgan fingerprint density at radius 3 is 2.46 bits per heavy atom. The van der Waals surface area contributed by atoms with E-state index in [9.17, 15) is 14.9 Å². The van der Waals surface area contributed by atoms with Gasteiger partial charge in [-0.3, -0.25) is 4.79 Å². The molecule has 0 spiro atoms. The molecule has 10 heteroatoms. The fraction of sp³-hybridized carbons (Fsp3) is 0.375. The minimum Gasteiger partial charge on any atom is -0.390 e. The Kier molecular flexibility index (Phi) is 7.23. The van der Waals surface area contributed by atoms with E-state index in [0.717, 1.165) is 5.69 Å². The van der Waals surface area contributed by atoms with E-state index < -0.39 is 11.0 Å². The first-order valence-corrected chi connectivity index (χ1v) is 9.00. The van der Waals surface area contributed by atoms with Gasteiger partial charge in [0.2, 0.25) is 0 Å². The number of halogens is 2. The van der Waals surface area contributed by atoms with Gasteiger partial charge in [0.25, 0.3) is 5.91 Å². The highest BCUT2D eigenvalue weighted by molar-refractivity contribution is 6.18. The summed E-state index contributed by atoms with van der Waals surface area (Å²) in [6, 6.07) is 6.47. The number of imidazole rings is 1. The summed E-state index contributed by atoms with van der Waals surface area (Å²) in [7, 11) is 0. The number of nitrogens with one attached hydrogen (secondary N) is 1. The van der Waals surface area contributed by atoms with Crippen LogP contribution in [0.1, 0.15) is 13.0 Å². The summed E-state index contributed by atoms with van der Waals surface area (Å²) in [6.07, 6.45) is 2.70. The zero-order valence-electron chi connectivity index (χ0n) is 14.1. The van der Waals surface area contributed by atoms with Crippen molar-refractivity contribution in [2.75, 3.05) is 35.1 Å². The Hall–Kier alpha value is -2.32.